The summed E-state index contributed by atoms with van der Waals surface area (Å²) < 4.78 is 0. The summed E-state index contributed by atoms with van der Waals surface area (Å²) >= 11 is 6.06. The summed E-state index contributed by atoms with van der Waals surface area (Å²) in [5.74, 6) is 2.02. The first kappa shape index (κ1) is 19.7. The monoisotopic (exact) mass is 404 g/mol. The number of amides is 3. The van der Waals surface area contributed by atoms with E-state index in [1.54, 1.807) is 0 Å². The van der Waals surface area contributed by atoms with Crippen molar-refractivity contribution < 1.29 is 14.9 Å². The summed E-state index contributed by atoms with van der Waals surface area (Å²) in [7, 11) is 0. The first-order valence-corrected chi connectivity index (χ1v) is 10.9. The summed E-state index contributed by atoms with van der Waals surface area (Å²) in [6.07, 6.45) is 7.22. The molecule has 4 fully saturated rings. The average molecular weight is 405 g/mol. The lowest BCUT2D eigenvalue weighted by atomic mass is 9.53. The molecule has 4 bridgehead atoms. The van der Waals surface area contributed by atoms with Gasteiger partial charge in [-0.2, -0.15) is 0 Å². The molecule has 1 aromatic carbocycles. The van der Waals surface area contributed by atoms with Crippen LogP contribution in [0.3, 0.4) is 0 Å². The molecule has 4 saturated carbocycles. The quantitative estimate of drug-likeness (QED) is 0.705. The minimum atomic E-state index is -0.365. The van der Waals surface area contributed by atoms with Gasteiger partial charge in [-0.25, -0.2) is 4.79 Å². The minimum absolute atomic E-state index is 0.0747. The molecule has 28 heavy (non-hydrogen) atoms. The number of rotatable bonds is 5. The molecule has 3 amide bonds. The third-order valence-corrected chi connectivity index (χ3v) is 7.25. The number of quaternary nitrogens is 1. The maximum Gasteiger partial charge on any atom is 0.322 e. The number of urea groups is 1. The van der Waals surface area contributed by atoms with Gasteiger partial charge in [0.2, 0.25) is 0 Å². The SMILES string of the molecule is C[C@H]([NH2+][C@H](C)C(=O)NC(=O)NC12CC3CC(CC(C3)C1)C2)c1cccc(Cl)c1. The number of halogens is 1. The number of hydrogen-bond acceptors (Lipinski definition) is 2. The van der Waals surface area contributed by atoms with Gasteiger partial charge in [0.05, 0.1) is 0 Å². The second-order valence-electron chi connectivity index (χ2n) is 9.47. The van der Waals surface area contributed by atoms with E-state index in [1.165, 1.54) is 19.3 Å². The Labute approximate surface area is 172 Å². The fourth-order valence-electron chi connectivity index (χ4n) is 6.18. The molecule has 0 aliphatic heterocycles. The van der Waals surface area contributed by atoms with Crippen LogP contribution < -0.4 is 16.0 Å². The highest BCUT2D eigenvalue weighted by Gasteiger charge is 2.51. The van der Waals surface area contributed by atoms with Crippen LogP contribution in [0.5, 0.6) is 0 Å². The van der Waals surface area contributed by atoms with E-state index in [0.29, 0.717) is 5.02 Å². The Balaban J connectivity index is 1.30. The van der Waals surface area contributed by atoms with Crippen LogP contribution in [0.2, 0.25) is 5.02 Å². The largest absolute Gasteiger partial charge is 0.332 e. The summed E-state index contributed by atoms with van der Waals surface area (Å²) in [5, 5.41) is 8.42. The van der Waals surface area contributed by atoms with E-state index in [2.05, 4.69) is 10.6 Å². The van der Waals surface area contributed by atoms with Crippen LogP contribution in [0.15, 0.2) is 24.3 Å². The van der Waals surface area contributed by atoms with Crippen molar-refractivity contribution in [1.82, 2.24) is 10.6 Å². The van der Waals surface area contributed by atoms with Gasteiger partial charge in [0.1, 0.15) is 6.04 Å². The van der Waals surface area contributed by atoms with Crippen molar-refractivity contribution in [2.45, 2.75) is 70.0 Å². The second-order valence-corrected chi connectivity index (χ2v) is 9.90. The second kappa shape index (κ2) is 7.68. The molecule has 2 atom stereocenters. The molecular weight excluding hydrogens is 374 g/mol. The molecule has 0 saturated heterocycles. The van der Waals surface area contributed by atoms with Crippen LogP contribution >= 0.6 is 11.6 Å². The highest BCUT2D eigenvalue weighted by atomic mass is 35.5. The van der Waals surface area contributed by atoms with Crippen LogP contribution in [0.4, 0.5) is 4.79 Å². The van der Waals surface area contributed by atoms with Crippen LogP contribution in [0.1, 0.15) is 64.0 Å². The predicted molar refractivity (Wildman–Crippen MR) is 109 cm³/mol. The third-order valence-electron chi connectivity index (χ3n) is 7.02. The van der Waals surface area contributed by atoms with Crippen LogP contribution in [0.25, 0.3) is 0 Å². The first-order chi connectivity index (χ1) is 13.3. The zero-order valence-corrected chi connectivity index (χ0v) is 17.5. The minimum Gasteiger partial charge on any atom is -0.332 e. The van der Waals surface area contributed by atoms with Crippen molar-refractivity contribution in [3.63, 3.8) is 0 Å². The molecule has 6 heteroatoms. The lowest BCUT2D eigenvalue weighted by Crippen LogP contribution is -2.92. The molecule has 5 rings (SSSR count). The van der Waals surface area contributed by atoms with Gasteiger partial charge in [0.15, 0.2) is 6.04 Å². The average Bonchev–Trinajstić information content (AvgIpc) is 2.59. The fraction of sp³-hybridized carbons (Fsp3) is 0.636. The van der Waals surface area contributed by atoms with E-state index in [1.807, 2.05) is 43.4 Å². The van der Waals surface area contributed by atoms with Crippen molar-refractivity contribution in [3.05, 3.63) is 34.9 Å². The molecule has 0 spiro atoms. The maximum atomic E-state index is 12.6. The van der Waals surface area contributed by atoms with Crippen LogP contribution in [-0.4, -0.2) is 23.5 Å². The van der Waals surface area contributed by atoms with E-state index in [-0.39, 0.29) is 29.6 Å². The Kier molecular flexibility index (Phi) is 5.41. The molecule has 0 unspecified atom stereocenters. The zero-order valence-electron chi connectivity index (χ0n) is 16.7. The molecule has 152 valence electrons. The zero-order chi connectivity index (χ0) is 19.9. The Hall–Kier alpha value is -1.59. The van der Waals surface area contributed by atoms with Crippen molar-refractivity contribution in [2.24, 2.45) is 17.8 Å². The summed E-state index contributed by atoms with van der Waals surface area (Å²) in [6.45, 7) is 3.86. The number of benzene rings is 1. The van der Waals surface area contributed by atoms with Crippen molar-refractivity contribution in [2.75, 3.05) is 0 Å². The molecule has 0 radical (unpaired) electrons. The Morgan fingerprint density at radius 3 is 2.29 bits per heavy atom. The molecule has 4 aliphatic rings. The fourth-order valence-corrected chi connectivity index (χ4v) is 6.38. The summed E-state index contributed by atoms with van der Waals surface area (Å²) in [6, 6.07) is 7.03. The van der Waals surface area contributed by atoms with Gasteiger partial charge in [-0.05, 0) is 82.3 Å². The number of nitrogens with one attached hydrogen (secondary N) is 2. The van der Waals surface area contributed by atoms with Crippen molar-refractivity contribution in [3.8, 4) is 0 Å². The summed E-state index contributed by atoms with van der Waals surface area (Å²) in [4.78, 5) is 25.1. The molecule has 1 aromatic rings. The number of carbonyl (C=O) groups is 2. The molecule has 0 heterocycles. The smallest absolute Gasteiger partial charge is 0.322 e. The van der Waals surface area contributed by atoms with E-state index < -0.39 is 0 Å². The van der Waals surface area contributed by atoms with Gasteiger partial charge in [-0.1, -0.05) is 23.7 Å². The molecule has 0 aromatic heterocycles. The Bertz CT molecular complexity index is 731. The molecule has 4 N–H and O–H groups in total. The maximum absolute atomic E-state index is 12.6. The lowest BCUT2D eigenvalue weighted by Gasteiger charge is -2.56. The van der Waals surface area contributed by atoms with E-state index in [9.17, 15) is 9.59 Å². The van der Waals surface area contributed by atoms with Gasteiger partial charge in [-0.3, -0.25) is 10.1 Å². The number of carbonyl (C=O) groups excluding carboxylic acids is 2. The predicted octanol–water partition coefficient (Wildman–Crippen LogP) is 3.15. The number of nitrogens with two attached hydrogens (primary N) is 1. The molecule has 4 aliphatic carbocycles. The van der Waals surface area contributed by atoms with Crippen molar-refractivity contribution in [1.29, 1.82) is 0 Å². The van der Waals surface area contributed by atoms with Gasteiger partial charge >= 0.3 is 6.03 Å². The highest BCUT2D eigenvalue weighted by molar-refractivity contribution is 6.30. The van der Waals surface area contributed by atoms with Crippen LogP contribution in [-0.2, 0) is 4.79 Å². The van der Waals surface area contributed by atoms with E-state index >= 15 is 0 Å². The van der Waals surface area contributed by atoms with E-state index in [0.717, 1.165) is 42.6 Å². The highest BCUT2D eigenvalue weighted by Crippen LogP contribution is 2.55. The van der Waals surface area contributed by atoms with Gasteiger partial charge in [0, 0.05) is 16.1 Å². The van der Waals surface area contributed by atoms with Crippen LogP contribution in [0, 0.1) is 17.8 Å². The van der Waals surface area contributed by atoms with Gasteiger partial charge in [0.25, 0.3) is 5.91 Å². The Morgan fingerprint density at radius 1 is 1.11 bits per heavy atom. The van der Waals surface area contributed by atoms with Gasteiger partial charge in [-0.15, -0.1) is 0 Å². The number of hydrogen-bond donors (Lipinski definition) is 3. The van der Waals surface area contributed by atoms with E-state index in [4.69, 9.17) is 11.6 Å². The first-order valence-electron chi connectivity index (χ1n) is 10.6. The van der Waals surface area contributed by atoms with Gasteiger partial charge < -0.3 is 10.6 Å². The lowest BCUT2D eigenvalue weighted by molar-refractivity contribution is -0.710. The normalized spacial score (nSPS) is 32.6. The standard InChI is InChI=1S/C22H30ClN3O2/c1-13(18-4-3-5-19(23)9-18)24-14(2)20(27)25-21(28)26-22-10-15-6-16(11-22)8-17(7-15)12-22/h3-5,9,13-17,24H,6-8,10-12H2,1-2H3,(H2,25,26,27,28)/p+1/t13-,14+,15?,16?,17?,22?/m0/s1. The third kappa shape index (κ3) is 4.20. The number of imide groups is 1. The topological polar surface area (TPSA) is 74.8 Å². The van der Waals surface area contributed by atoms with Crippen molar-refractivity contribution >= 4 is 23.5 Å². The summed E-state index contributed by atoms with van der Waals surface area (Å²) in [5.41, 5.74) is 0.977. The molecular formula is C22H31ClN3O2+. The Morgan fingerprint density at radius 2 is 1.71 bits per heavy atom. The molecule has 5 nitrogen and oxygen atoms in total.